The first-order valence-electron chi connectivity index (χ1n) is 6.21. The van der Waals surface area contributed by atoms with E-state index in [9.17, 15) is 9.59 Å². The number of anilines is 2. The highest BCUT2D eigenvalue weighted by molar-refractivity contribution is 7.99. The molecule has 0 atom stereocenters. The summed E-state index contributed by atoms with van der Waals surface area (Å²) >= 11 is 2.81. The zero-order chi connectivity index (χ0) is 15.2. The van der Waals surface area contributed by atoms with Gasteiger partial charge >= 0.3 is 0 Å². The van der Waals surface area contributed by atoms with E-state index < -0.39 is 0 Å². The minimum Gasteiger partial charge on any atom is -0.325 e. The molecule has 0 aliphatic rings. The Morgan fingerprint density at radius 3 is 2.81 bits per heavy atom. The van der Waals surface area contributed by atoms with E-state index in [-0.39, 0.29) is 11.8 Å². The summed E-state index contributed by atoms with van der Waals surface area (Å²) in [5, 5.41) is 7.89. The number of benzene rings is 1. The van der Waals surface area contributed by atoms with Crippen molar-refractivity contribution in [1.82, 2.24) is 4.98 Å². The van der Waals surface area contributed by atoms with Crippen molar-refractivity contribution in [3.8, 4) is 0 Å². The Morgan fingerprint density at radius 2 is 2.14 bits per heavy atom. The Kier molecular flexibility index (Phi) is 5.35. The molecule has 5 nitrogen and oxygen atoms in total. The summed E-state index contributed by atoms with van der Waals surface area (Å²) in [5.41, 5.74) is 1.91. The van der Waals surface area contributed by atoms with E-state index in [1.807, 2.05) is 13.2 Å². The van der Waals surface area contributed by atoms with Crippen molar-refractivity contribution in [2.45, 2.75) is 6.92 Å². The molecule has 7 heteroatoms. The van der Waals surface area contributed by atoms with Gasteiger partial charge in [0, 0.05) is 22.8 Å². The third-order valence-corrected chi connectivity index (χ3v) is 4.02. The van der Waals surface area contributed by atoms with Crippen LogP contribution in [0.3, 0.4) is 0 Å². The Morgan fingerprint density at radius 1 is 1.33 bits per heavy atom. The molecule has 1 aromatic carbocycles. The van der Waals surface area contributed by atoms with Crippen molar-refractivity contribution in [1.29, 1.82) is 0 Å². The van der Waals surface area contributed by atoms with E-state index in [1.54, 1.807) is 29.8 Å². The van der Waals surface area contributed by atoms with Crippen molar-refractivity contribution in [2.24, 2.45) is 0 Å². The Hall–Kier alpha value is -1.86. The molecule has 2 amide bonds. The van der Waals surface area contributed by atoms with E-state index in [0.717, 1.165) is 5.56 Å². The molecule has 2 N–H and O–H groups in total. The van der Waals surface area contributed by atoms with Gasteiger partial charge in [-0.15, -0.1) is 11.3 Å². The van der Waals surface area contributed by atoms with Crippen molar-refractivity contribution < 1.29 is 9.59 Å². The summed E-state index contributed by atoms with van der Waals surface area (Å²) < 4.78 is 0. The second-order valence-corrected chi connectivity index (χ2v) is 6.01. The molecule has 1 aromatic heterocycles. The van der Waals surface area contributed by atoms with Gasteiger partial charge in [-0.05, 0) is 30.9 Å². The van der Waals surface area contributed by atoms with Crippen LogP contribution in [-0.4, -0.2) is 28.8 Å². The number of amides is 2. The van der Waals surface area contributed by atoms with Gasteiger partial charge in [-0.25, -0.2) is 4.98 Å². The maximum absolute atomic E-state index is 12.2. The van der Waals surface area contributed by atoms with Gasteiger partial charge < -0.3 is 5.32 Å². The summed E-state index contributed by atoms with van der Waals surface area (Å²) in [6, 6.07) is 5.26. The quantitative estimate of drug-likeness (QED) is 0.888. The van der Waals surface area contributed by atoms with Crippen LogP contribution < -0.4 is 10.6 Å². The van der Waals surface area contributed by atoms with Crippen LogP contribution in [0.4, 0.5) is 10.8 Å². The fourth-order valence-electron chi connectivity index (χ4n) is 1.78. The number of nitrogens with one attached hydrogen (secondary N) is 2. The normalized spacial score (nSPS) is 10.2. The number of thiazole rings is 1. The summed E-state index contributed by atoms with van der Waals surface area (Å²) in [4.78, 5) is 27.9. The van der Waals surface area contributed by atoms with Crippen molar-refractivity contribution in [3.05, 3.63) is 40.9 Å². The highest BCUT2D eigenvalue weighted by Crippen LogP contribution is 2.21. The molecule has 2 aromatic rings. The number of nitrogens with zero attached hydrogens (tertiary/aromatic N) is 1. The SMILES string of the molecule is CSCC(=O)Nc1cccc(C(=O)Nc2nccs2)c1C. The summed E-state index contributed by atoms with van der Waals surface area (Å²) in [6.45, 7) is 1.81. The second kappa shape index (κ2) is 7.24. The van der Waals surface area contributed by atoms with Crippen LogP contribution >= 0.6 is 23.1 Å². The first-order chi connectivity index (χ1) is 10.1. The smallest absolute Gasteiger partial charge is 0.257 e. The average molecular weight is 321 g/mol. The topological polar surface area (TPSA) is 71.1 Å². The predicted octanol–water partition coefficient (Wildman–Crippen LogP) is 3.01. The van der Waals surface area contributed by atoms with Gasteiger partial charge in [0.1, 0.15) is 0 Å². The highest BCUT2D eigenvalue weighted by atomic mass is 32.2. The number of thioether (sulfide) groups is 1. The summed E-state index contributed by atoms with van der Waals surface area (Å²) in [5.74, 6) is 0.0705. The molecule has 0 bridgehead atoms. The van der Waals surface area contributed by atoms with Gasteiger partial charge in [-0.1, -0.05) is 6.07 Å². The van der Waals surface area contributed by atoms with Crippen molar-refractivity contribution in [3.63, 3.8) is 0 Å². The van der Waals surface area contributed by atoms with Crippen molar-refractivity contribution in [2.75, 3.05) is 22.6 Å². The summed E-state index contributed by atoms with van der Waals surface area (Å²) in [6.07, 6.45) is 3.50. The minimum absolute atomic E-state index is 0.0805. The molecule has 1 heterocycles. The monoisotopic (exact) mass is 321 g/mol. The molecule has 2 rings (SSSR count). The summed E-state index contributed by atoms with van der Waals surface area (Å²) in [7, 11) is 0. The Bertz CT molecular complexity index is 642. The maximum Gasteiger partial charge on any atom is 0.257 e. The van der Waals surface area contributed by atoms with Crippen LogP contribution in [0, 0.1) is 6.92 Å². The van der Waals surface area contributed by atoms with Crippen LogP contribution in [-0.2, 0) is 4.79 Å². The fraction of sp³-hybridized carbons (Fsp3) is 0.214. The van der Waals surface area contributed by atoms with Crippen LogP contribution in [0.5, 0.6) is 0 Å². The molecule has 0 saturated heterocycles. The maximum atomic E-state index is 12.2. The standard InChI is InChI=1S/C14H15N3O2S2/c1-9-10(13(19)17-14-15-6-7-21-14)4-3-5-11(9)16-12(18)8-20-2/h3-7H,8H2,1-2H3,(H,16,18)(H,15,17,19). The van der Waals surface area contributed by atoms with Crippen molar-refractivity contribution >= 4 is 45.7 Å². The third-order valence-electron chi connectivity index (χ3n) is 2.78. The van der Waals surface area contributed by atoms with Crippen LogP contribution in [0.25, 0.3) is 0 Å². The molecule has 0 fully saturated rings. The van der Waals surface area contributed by atoms with E-state index in [4.69, 9.17) is 0 Å². The lowest BCUT2D eigenvalue weighted by Crippen LogP contribution is -2.17. The predicted molar refractivity (Wildman–Crippen MR) is 88.3 cm³/mol. The van der Waals surface area contributed by atoms with E-state index in [1.165, 1.54) is 23.1 Å². The first kappa shape index (κ1) is 15.5. The molecule has 0 aliphatic heterocycles. The number of hydrogen-bond donors (Lipinski definition) is 2. The van der Waals surface area contributed by atoms with Crippen LogP contribution in [0.2, 0.25) is 0 Å². The number of aromatic nitrogens is 1. The number of rotatable bonds is 5. The van der Waals surface area contributed by atoms with Gasteiger partial charge in [0.2, 0.25) is 5.91 Å². The number of carbonyl (C=O) groups is 2. The lowest BCUT2D eigenvalue weighted by atomic mass is 10.1. The highest BCUT2D eigenvalue weighted by Gasteiger charge is 2.14. The minimum atomic E-state index is -0.233. The van der Waals surface area contributed by atoms with Gasteiger partial charge in [0.05, 0.1) is 5.75 Å². The lowest BCUT2D eigenvalue weighted by molar-refractivity contribution is -0.113. The molecule has 0 unspecified atom stereocenters. The van der Waals surface area contributed by atoms with Gasteiger partial charge in [0.25, 0.3) is 5.91 Å². The molecular weight excluding hydrogens is 306 g/mol. The first-order valence-corrected chi connectivity index (χ1v) is 8.48. The second-order valence-electron chi connectivity index (χ2n) is 4.25. The lowest BCUT2D eigenvalue weighted by Gasteiger charge is -2.11. The number of carbonyl (C=O) groups excluding carboxylic acids is 2. The molecule has 0 aliphatic carbocycles. The number of hydrogen-bond acceptors (Lipinski definition) is 5. The Balaban J connectivity index is 2.17. The molecule has 0 radical (unpaired) electrons. The fourth-order valence-corrected chi connectivity index (χ4v) is 2.64. The van der Waals surface area contributed by atoms with E-state index in [0.29, 0.717) is 22.1 Å². The van der Waals surface area contributed by atoms with Gasteiger partial charge in [0.15, 0.2) is 5.13 Å². The molecule has 0 spiro atoms. The van der Waals surface area contributed by atoms with E-state index >= 15 is 0 Å². The molecular formula is C14H15N3O2S2. The zero-order valence-electron chi connectivity index (χ0n) is 11.7. The largest absolute Gasteiger partial charge is 0.325 e. The van der Waals surface area contributed by atoms with Crippen LogP contribution in [0.15, 0.2) is 29.8 Å². The third kappa shape index (κ3) is 4.05. The van der Waals surface area contributed by atoms with Crippen LogP contribution in [0.1, 0.15) is 15.9 Å². The molecule has 21 heavy (non-hydrogen) atoms. The van der Waals surface area contributed by atoms with Gasteiger partial charge in [-0.2, -0.15) is 11.8 Å². The Labute approximate surface area is 131 Å². The average Bonchev–Trinajstić information content (AvgIpc) is 2.94. The van der Waals surface area contributed by atoms with E-state index in [2.05, 4.69) is 15.6 Å². The molecule has 110 valence electrons. The zero-order valence-corrected chi connectivity index (χ0v) is 13.3. The van der Waals surface area contributed by atoms with Gasteiger partial charge in [-0.3, -0.25) is 14.9 Å². The molecule has 0 saturated carbocycles.